The lowest BCUT2D eigenvalue weighted by Crippen LogP contribution is -2.28. The van der Waals surface area contributed by atoms with E-state index in [-0.39, 0.29) is 16.7 Å². The summed E-state index contributed by atoms with van der Waals surface area (Å²) in [5.74, 6) is 0.0821. The standard InChI is InChI=1S/C12H19NO4S2/c1-4-9-19(16,17)13-10(2)11-5-7-12(8-6-11)18(3,14)15/h5-8,10,13H,4,9H2,1-3H3. The Morgan fingerprint density at radius 3 is 2.05 bits per heavy atom. The monoisotopic (exact) mass is 305 g/mol. The maximum atomic E-state index is 11.6. The summed E-state index contributed by atoms with van der Waals surface area (Å²) in [5.41, 5.74) is 0.729. The molecule has 1 N–H and O–H groups in total. The van der Waals surface area contributed by atoms with E-state index in [1.54, 1.807) is 26.0 Å². The van der Waals surface area contributed by atoms with Crippen molar-refractivity contribution in [1.29, 1.82) is 0 Å². The van der Waals surface area contributed by atoms with Gasteiger partial charge in [-0.3, -0.25) is 0 Å². The summed E-state index contributed by atoms with van der Waals surface area (Å²) in [6.45, 7) is 3.52. The van der Waals surface area contributed by atoms with Gasteiger partial charge in [-0.15, -0.1) is 0 Å². The molecule has 0 spiro atoms. The van der Waals surface area contributed by atoms with E-state index in [0.29, 0.717) is 6.42 Å². The third kappa shape index (κ3) is 4.93. The predicted molar refractivity (Wildman–Crippen MR) is 75.2 cm³/mol. The lowest BCUT2D eigenvalue weighted by molar-refractivity contribution is 0.565. The zero-order valence-electron chi connectivity index (χ0n) is 11.3. The Bertz CT molecular complexity index is 618. The quantitative estimate of drug-likeness (QED) is 0.863. The van der Waals surface area contributed by atoms with E-state index < -0.39 is 19.9 Å². The first-order valence-electron chi connectivity index (χ1n) is 5.96. The zero-order chi connectivity index (χ0) is 14.7. The Labute approximate surface area is 115 Å². The summed E-state index contributed by atoms with van der Waals surface area (Å²) in [5, 5.41) is 0. The minimum absolute atomic E-state index is 0.0821. The molecule has 0 aromatic heterocycles. The van der Waals surface area contributed by atoms with Gasteiger partial charge in [0.1, 0.15) is 0 Å². The van der Waals surface area contributed by atoms with E-state index in [2.05, 4.69) is 4.72 Å². The highest BCUT2D eigenvalue weighted by atomic mass is 32.2. The molecule has 0 saturated heterocycles. The van der Waals surface area contributed by atoms with Crippen LogP contribution in [0.5, 0.6) is 0 Å². The van der Waals surface area contributed by atoms with Gasteiger partial charge in [0.05, 0.1) is 10.6 Å². The van der Waals surface area contributed by atoms with Gasteiger partial charge in [-0.25, -0.2) is 21.6 Å². The molecule has 0 fully saturated rings. The molecule has 0 aliphatic carbocycles. The third-order valence-corrected chi connectivity index (χ3v) is 5.42. The number of sulfonamides is 1. The predicted octanol–water partition coefficient (Wildman–Crippen LogP) is 1.48. The summed E-state index contributed by atoms with van der Waals surface area (Å²) in [6.07, 6.45) is 1.68. The van der Waals surface area contributed by atoms with Crippen molar-refractivity contribution in [3.8, 4) is 0 Å². The molecule has 7 heteroatoms. The SMILES string of the molecule is CCCS(=O)(=O)NC(C)c1ccc(S(C)(=O)=O)cc1. The second-order valence-corrected chi connectivity index (χ2v) is 8.39. The molecule has 0 saturated carbocycles. The molecule has 0 aliphatic heterocycles. The van der Waals surface area contributed by atoms with Crippen LogP contribution in [0.25, 0.3) is 0 Å². The van der Waals surface area contributed by atoms with Gasteiger partial charge in [-0.1, -0.05) is 19.1 Å². The number of rotatable bonds is 6. The van der Waals surface area contributed by atoms with E-state index >= 15 is 0 Å². The average Bonchev–Trinajstić information content (AvgIpc) is 2.27. The summed E-state index contributed by atoms with van der Waals surface area (Å²) < 4.78 is 48.5. The molecule has 5 nitrogen and oxygen atoms in total. The Morgan fingerprint density at radius 1 is 1.11 bits per heavy atom. The van der Waals surface area contributed by atoms with Gasteiger partial charge in [-0.2, -0.15) is 0 Å². The zero-order valence-corrected chi connectivity index (χ0v) is 12.9. The van der Waals surface area contributed by atoms with Crippen molar-refractivity contribution >= 4 is 19.9 Å². The molecule has 1 aromatic rings. The minimum Gasteiger partial charge on any atom is -0.224 e. The van der Waals surface area contributed by atoms with Crippen molar-refractivity contribution in [2.24, 2.45) is 0 Å². The van der Waals surface area contributed by atoms with Crippen LogP contribution >= 0.6 is 0 Å². The molecule has 0 bridgehead atoms. The maximum Gasteiger partial charge on any atom is 0.212 e. The first-order valence-corrected chi connectivity index (χ1v) is 9.50. The van der Waals surface area contributed by atoms with Crippen LogP contribution in [-0.4, -0.2) is 28.8 Å². The van der Waals surface area contributed by atoms with Crippen LogP contribution in [0.3, 0.4) is 0 Å². The van der Waals surface area contributed by atoms with Gasteiger partial charge in [0.2, 0.25) is 10.0 Å². The summed E-state index contributed by atoms with van der Waals surface area (Å²) in [7, 11) is -6.51. The second-order valence-electron chi connectivity index (χ2n) is 4.50. The molecular formula is C12H19NO4S2. The topological polar surface area (TPSA) is 80.3 Å². The molecule has 0 heterocycles. The lowest BCUT2D eigenvalue weighted by Gasteiger charge is -2.14. The van der Waals surface area contributed by atoms with E-state index in [4.69, 9.17) is 0 Å². The highest BCUT2D eigenvalue weighted by Crippen LogP contribution is 2.17. The van der Waals surface area contributed by atoms with Crippen molar-refractivity contribution in [2.45, 2.75) is 31.2 Å². The number of hydrogen-bond acceptors (Lipinski definition) is 4. The normalized spacial score (nSPS) is 14.3. The molecule has 1 aromatic carbocycles. The van der Waals surface area contributed by atoms with Gasteiger partial charge in [0, 0.05) is 12.3 Å². The fraction of sp³-hybridized carbons (Fsp3) is 0.500. The molecule has 1 unspecified atom stereocenters. The van der Waals surface area contributed by atoms with Gasteiger partial charge in [0.15, 0.2) is 9.84 Å². The largest absolute Gasteiger partial charge is 0.224 e. The van der Waals surface area contributed by atoms with Gasteiger partial charge in [-0.05, 0) is 31.0 Å². The molecule has 1 rings (SSSR count). The van der Waals surface area contributed by atoms with E-state index in [1.807, 2.05) is 0 Å². The van der Waals surface area contributed by atoms with Crippen molar-refractivity contribution < 1.29 is 16.8 Å². The summed E-state index contributed by atoms with van der Waals surface area (Å²) >= 11 is 0. The number of sulfone groups is 1. The van der Waals surface area contributed by atoms with Crippen molar-refractivity contribution in [3.63, 3.8) is 0 Å². The third-order valence-electron chi connectivity index (χ3n) is 2.64. The number of benzene rings is 1. The Kier molecular flexibility index (Phi) is 5.11. The van der Waals surface area contributed by atoms with Crippen LogP contribution in [0.15, 0.2) is 29.2 Å². The van der Waals surface area contributed by atoms with E-state index in [0.717, 1.165) is 11.8 Å². The van der Waals surface area contributed by atoms with Crippen molar-refractivity contribution in [3.05, 3.63) is 29.8 Å². The van der Waals surface area contributed by atoms with Gasteiger partial charge < -0.3 is 0 Å². The molecule has 0 amide bonds. The summed E-state index contributed by atoms with van der Waals surface area (Å²) in [4.78, 5) is 0.222. The van der Waals surface area contributed by atoms with Crippen molar-refractivity contribution in [2.75, 3.05) is 12.0 Å². The smallest absolute Gasteiger partial charge is 0.212 e. The Morgan fingerprint density at radius 2 is 1.63 bits per heavy atom. The van der Waals surface area contributed by atoms with Gasteiger partial charge in [0.25, 0.3) is 0 Å². The van der Waals surface area contributed by atoms with Crippen LogP contribution in [0, 0.1) is 0 Å². The molecule has 0 radical (unpaired) electrons. The molecule has 0 aliphatic rings. The van der Waals surface area contributed by atoms with E-state index in [1.165, 1.54) is 12.1 Å². The van der Waals surface area contributed by atoms with Crippen molar-refractivity contribution in [1.82, 2.24) is 4.72 Å². The van der Waals surface area contributed by atoms with Crippen LogP contribution < -0.4 is 4.72 Å². The minimum atomic E-state index is -3.29. The molecule has 19 heavy (non-hydrogen) atoms. The number of hydrogen-bond donors (Lipinski definition) is 1. The lowest BCUT2D eigenvalue weighted by atomic mass is 10.1. The second kappa shape index (κ2) is 6.02. The van der Waals surface area contributed by atoms with Crippen LogP contribution in [0.4, 0.5) is 0 Å². The fourth-order valence-corrected chi connectivity index (χ4v) is 3.63. The molecule has 1 atom stereocenters. The molecular weight excluding hydrogens is 286 g/mol. The fourth-order valence-electron chi connectivity index (χ4n) is 1.67. The first kappa shape index (κ1) is 16.1. The highest BCUT2D eigenvalue weighted by Gasteiger charge is 2.15. The van der Waals surface area contributed by atoms with Crippen LogP contribution in [-0.2, 0) is 19.9 Å². The van der Waals surface area contributed by atoms with Crippen LogP contribution in [0.2, 0.25) is 0 Å². The maximum absolute atomic E-state index is 11.6. The summed E-state index contributed by atoms with van der Waals surface area (Å²) in [6, 6.07) is 5.82. The highest BCUT2D eigenvalue weighted by molar-refractivity contribution is 7.90. The number of nitrogens with one attached hydrogen (secondary N) is 1. The Balaban J connectivity index is 2.88. The Hall–Kier alpha value is -0.920. The van der Waals surface area contributed by atoms with E-state index in [9.17, 15) is 16.8 Å². The molecule has 108 valence electrons. The average molecular weight is 305 g/mol. The first-order chi connectivity index (χ1) is 8.65. The van der Waals surface area contributed by atoms with Gasteiger partial charge >= 0.3 is 0 Å². The van der Waals surface area contributed by atoms with Crippen LogP contribution in [0.1, 0.15) is 31.9 Å².